The van der Waals surface area contributed by atoms with E-state index in [1.165, 1.54) is 38.5 Å². The second-order valence-corrected chi connectivity index (χ2v) is 11.8. The van der Waals surface area contributed by atoms with Crippen LogP contribution >= 0.6 is 0 Å². The minimum absolute atomic E-state index is 0.0502. The fourth-order valence-corrected chi connectivity index (χ4v) is 9.17. The van der Waals surface area contributed by atoms with Crippen molar-refractivity contribution in [2.75, 3.05) is 0 Å². The maximum atomic E-state index is 12.0. The van der Waals surface area contributed by atoms with Crippen molar-refractivity contribution >= 4 is 12.6 Å². The van der Waals surface area contributed by atoms with Gasteiger partial charge in [-0.25, -0.2) is 0 Å². The van der Waals surface area contributed by atoms with Gasteiger partial charge in [0.1, 0.15) is 12.6 Å². The van der Waals surface area contributed by atoms with E-state index in [0.29, 0.717) is 16.7 Å². The van der Waals surface area contributed by atoms with Gasteiger partial charge in [0.05, 0.1) is 0 Å². The van der Waals surface area contributed by atoms with Crippen LogP contribution in [0.1, 0.15) is 86.0 Å². The topological polar surface area (TPSA) is 34.1 Å². The van der Waals surface area contributed by atoms with E-state index in [9.17, 15) is 9.59 Å². The number of carbonyl (C=O) groups excluding carboxylic acids is 2. The average molecular weight is 371 g/mol. The van der Waals surface area contributed by atoms with Gasteiger partial charge in [-0.15, -0.1) is 0 Å². The standard InChI is InChI=1S/C25H38O2/c1-22(2)11-6-12-24(4)19(22)9-14-25(5)20-8-7-17(15-26)18(16-27)23(20,3)13-10-21(24)25/h7,15-16,18-21H,6,8-14H2,1-5H3/t18-,19-,20+,21+,23+,24-,25-/m0/s1. The molecule has 0 spiro atoms. The molecule has 4 aliphatic rings. The van der Waals surface area contributed by atoms with E-state index in [2.05, 4.69) is 40.7 Å². The van der Waals surface area contributed by atoms with E-state index in [4.69, 9.17) is 0 Å². The molecule has 0 saturated heterocycles. The molecule has 2 heteroatoms. The van der Waals surface area contributed by atoms with Crippen molar-refractivity contribution in [2.24, 2.45) is 45.3 Å². The van der Waals surface area contributed by atoms with Gasteiger partial charge in [-0.05, 0) is 89.9 Å². The summed E-state index contributed by atoms with van der Waals surface area (Å²) in [6.07, 6.45) is 14.1. The molecule has 7 atom stereocenters. The second-order valence-electron chi connectivity index (χ2n) is 11.8. The third-order valence-electron chi connectivity index (χ3n) is 10.3. The Bertz CT molecular complexity index is 676. The highest BCUT2D eigenvalue weighted by Gasteiger charge is 2.65. The van der Waals surface area contributed by atoms with Crippen LogP contribution in [0.2, 0.25) is 0 Å². The van der Waals surface area contributed by atoms with Crippen LogP contribution in [0, 0.1) is 45.3 Å². The number of carbonyl (C=O) groups is 2. The SMILES string of the molecule is CC1(C)CCC[C@]2(C)[C@H]3CC[C@@]4(C)[C@@H](CC=C(C=O)[C@@H]4C=O)[C@]3(C)CC[C@@H]12. The molecule has 3 saturated carbocycles. The summed E-state index contributed by atoms with van der Waals surface area (Å²) in [5.41, 5.74) is 1.87. The van der Waals surface area contributed by atoms with Crippen LogP contribution in [0.25, 0.3) is 0 Å². The highest BCUT2D eigenvalue weighted by atomic mass is 16.1. The van der Waals surface area contributed by atoms with Crippen LogP contribution in [0.5, 0.6) is 0 Å². The molecule has 3 fully saturated rings. The summed E-state index contributed by atoms with van der Waals surface area (Å²) in [7, 11) is 0. The molecular formula is C25H38O2. The molecule has 0 aliphatic heterocycles. The molecule has 0 amide bonds. The van der Waals surface area contributed by atoms with Gasteiger partial charge in [0.25, 0.3) is 0 Å². The molecule has 0 heterocycles. The lowest BCUT2D eigenvalue weighted by atomic mass is 9.35. The highest BCUT2D eigenvalue weighted by molar-refractivity contribution is 5.82. The third kappa shape index (κ3) is 2.43. The van der Waals surface area contributed by atoms with Gasteiger partial charge in [-0.3, -0.25) is 4.79 Å². The zero-order valence-electron chi connectivity index (χ0n) is 18.0. The van der Waals surface area contributed by atoms with Crippen LogP contribution < -0.4 is 0 Å². The molecule has 0 aromatic carbocycles. The molecule has 0 aromatic rings. The molecule has 0 radical (unpaired) electrons. The Morgan fingerprint density at radius 2 is 1.44 bits per heavy atom. The molecule has 4 rings (SSSR count). The van der Waals surface area contributed by atoms with E-state index in [0.717, 1.165) is 42.8 Å². The Morgan fingerprint density at radius 1 is 0.815 bits per heavy atom. The van der Waals surface area contributed by atoms with E-state index in [1.807, 2.05) is 0 Å². The Morgan fingerprint density at radius 3 is 2.11 bits per heavy atom. The quantitative estimate of drug-likeness (QED) is 0.559. The largest absolute Gasteiger partial charge is 0.303 e. The molecule has 150 valence electrons. The Labute approximate surface area is 165 Å². The first-order chi connectivity index (χ1) is 12.6. The molecule has 0 aromatic heterocycles. The van der Waals surface area contributed by atoms with Crippen LogP contribution in [0.3, 0.4) is 0 Å². The smallest absolute Gasteiger partial charge is 0.146 e. The van der Waals surface area contributed by atoms with Gasteiger partial charge in [0.15, 0.2) is 0 Å². The van der Waals surface area contributed by atoms with Crippen molar-refractivity contribution in [1.29, 1.82) is 0 Å². The summed E-state index contributed by atoms with van der Waals surface area (Å²) in [6.45, 7) is 12.5. The Kier molecular flexibility index (Phi) is 4.34. The predicted octanol–water partition coefficient (Wildman–Crippen LogP) is 6.00. The number of allylic oxidation sites excluding steroid dienone is 2. The van der Waals surface area contributed by atoms with E-state index < -0.39 is 0 Å². The van der Waals surface area contributed by atoms with Gasteiger partial charge < -0.3 is 4.79 Å². The van der Waals surface area contributed by atoms with Gasteiger partial charge in [-0.2, -0.15) is 0 Å². The van der Waals surface area contributed by atoms with Crippen molar-refractivity contribution in [3.8, 4) is 0 Å². The maximum absolute atomic E-state index is 12.0. The van der Waals surface area contributed by atoms with Crippen molar-refractivity contribution in [1.82, 2.24) is 0 Å². The third-order valence-corrected chi connectivity index (χ3v) is 10.3. The molecule has 0 bridgehead atoms. The Hall–Kier alpha value is -0.920. The van der Waals surface area contributed by atoms with Crippen molar-refractivity contribution in [3.05, 3.63) is 11.6 Å². The molecule has 27 heavy (non-hydrogen) atoms. The molecular weight excluding hydrogens is 332 g/mol. The summed E-state index contributed by atoms with van der Waals surface area (Å²) >= 11 is 0. The summed E-state index contributed by atoms with van der Waals surface area (Å²) in [4.78, 5) is 23.6. The molecule has 0 unspecified atom stereocenters. The number of aldehydes is 2. The fourth-order valence-electron chi connectivity index (χ4n) is 9.17. The zero-order valence-corrected chi connectivity index (χ0v) is 18.0. The zero-order chi connectivity index (χ0) is 19.7. The summed E-state index contributed by atoms with van der Waals surface area (Å²) in [5, 5.41) is 0. The Balaban J connectivity index is 1.76. The van der Waals surface area contributed by atoms with Crippen molar-refractivity contribution in [3.63, 3.8) is 0 Å². The second kappa shape index (κ2) is 6.04. The highest BCUT2D eigenvalue weighted by Crippen LogP contribution is 2.72. The number of fused-ring (bicyclic) bond motifs is 5. The number of rotatable bonds is 2. The molecule has 2 nitrogen and oxygen atoms in total. The predicted molar refractivity (Wildman–Crippen MR) is 109 cm³/mol. The molecule has 0 N–H and O–H groups in total. The van der Waals surface area contributed by atoms with Gasteiger partial charge in [0, 0.05) is 5.92 Å². The minimum Gasteiger partial charge on any atom is -0.303 e. The maximum Gasteiger partial charge on any atom is 0.146 e. The fraction of sp³-hybridized carbons (Fsp3) is 0.840. The minimum atomic E-state index is -0.208. The normalized spacial score (nSPS) is 51.2. The summed E-state index contributed by atoms with van der Waals surface area (Å²) in [5.74, 6) is 1.89. The van der Waals surface area contributed by atoms with Crippen LogP contribution in [0.4, 0.5) is 0 Å². The van der Waals surface area contributed by atoms with E-state index >= 15 is 0 Å². The van der Waals surface area contributed by atoms with Crippen LogP contribution in [-0.4, -0.2) is 12.6 Å². The average Bonchev–Trinajstić information content (AvgIpc) is 2.59. The van der Waals surface area contributed by atoms with Crippen molar-refractivity contribution < 1.29 is 9.59 Å². The van der Waals surface area contributed by atoms with Crippen molar-refractivity contribution in [2.45, 2.75) is 86.0 Å². The van der Waals surface area contributed by atoms with E-state index in [1.54, 1.807) is 0 Å². The lowest BCUT2D eigenvalue weighted by molar-refractivity contribution is -0.198. The first-order valence-electron chi connectivity index (χ1n) is 11.2. The number of hydrogen-bond acceptors (Lipinski definition) is 2. The van der Waals surface area contributed by atoms with Gasteiger partial charge in [-0.1, -0.05) is 47.1 Å². The first kappa shape index (κ1) is 19.4. The first-order valence-corrected chi connectivity index (χ1v) is 11.2. The summed E-state index contributed by atoms with van der Waals surface area (Å²) < 4.78 is 0. The number of hydrogen-bond donors (Lipinski definition) is 0. The lowest BCUT2D eigenvalue weighted by Crippen LogP contribution is -2.62. The molecule has 4 aliphatic carbocycles. The monoisotopic (exact) mass is 370 g/mol. The van der Waals surface area contributed by atoms with Crippen LogP contribution in [0.15, 0.2) is 11.6 Å². The lowest BCUT2D eigenvalue weighted by Gasteiger charge is -2.69. The van der Waals surface area contributed by atoms with Gasteiger partial charge >= 0.3 is 0 Å². The summed E-state index contributed by atoms with van der Waals surface area (Å²) in [6, 6.07) is 0. The van der Waals surface area contributed by atoms with E-state index in [-0.39, 0.29) is 16.7 Å². The van der Waals surface area contributed by atoms with Gasteiger partial charge in [0.2, 0.25) is 0 Å². The van der Waals surface area contributed by atoms with Crippen LogP contribution in [-0.2, 0) is 9.59 Å².